The van der Waals surface area contributed by atoms with E-state index in [2.05, 4.69) is 20.8 Å². The number of carbonyl (C=O) groups is 2. The van der Waals surface area contributed by atoms with E-state index in [1.54, 1.807) is 0 Å². The summed E-state index contributed by atoms with van der Waals surface area (Å²) in [7, 11) is 0. The number of hydrogen-bond acceptors (Lipinski definition) is 3. The predicted molar refractivity (Wildman–Crippen MR) is 100 cm³/mol. The van der Waals surface area contributed by atoms with Crippen molar-refractivity contribution in [3.8, 4) is 0 Å². The summed E-state index contributed by atoms with van der Waals surface area (Å²) in [5.74, 6) is -0.738. The molecular formula is C21H38O4. The summed E-state index contributed by atoms with van der Waals surface area (Å²) in [5, 5.41) is 9.66. The van der Waals surface area contributed by atoms with Crippen LogP contribution in [0, 0.1) is 11.3 Å². The third-order valence-electron chi connectivity index (χ3n) is 5.95. The number of aliphatic carboxylic acids is 1. The number of rotatable bonds is 12. The zero-order valence-corrected chi connectivity index (χ0v) is 16.5. The molecule has 1 fully saturated rings. The van der Waals surface area contributed by atoms with Crippen molar-refractivity contribution in [1.82, 2.24) is 0 Å². The van der Waals surface area contributed by atoms with Crippen molar-refractivity contribution in [3.05, 3.63) is 0 Å². The standard InChI is InChI=1S/C21H38O4/c1-4-7-13-18(14-11-12-17(5-2)6-3)25-20(24)21(19(22)23)15-9-8-10-16-21/h17-18H,4-16H2,1-3H3,(H,22,23). The molecule has 4 heteroatoms. The second-order valence-corrected chi connectivity index (χ2v) is 7.73. The maximum Gasteiger partial charge on any atom is 0.323 e. The molecule has 0 aromatic rings. The van der Waals surface area contributed by atoms with Crippen molar-refractivity contribution in [2.75, 3.05) is 0 Å². The third-order valence-corrected chi connectivity index (χ3v) is 5.95. The Labute approximate surface area is 153 Å². The van der Waals surface area contributed by atoms with Crippen molar-refractivity contribution < 1.29 is 19.4 Å². The quantitative estimate of drug-likeness (QED) is 0.359. The number of carboxylic acid groups (broad SMARTS) is 1. The van der Waals surface area contributed by atoms with Gasteiger partial charge in [0.1, 0.15) is 6.10 Å². The van der Waals surface area contributed by atoms with Crippen LogP contribution in [-0.4, -0.2) is 23.1 Å². The average molecular weight is 355 g/mol. The molecule has 4 nitrogen and oxygen atoms in total. The Morgan fingerprint density at radius 3 is 2.08 bits per heavy atom. The molecule has 0 bridgehead atoms. The highest BCUT2D eigenvalue weighted by atomic mass is 16.5. The molecule has 146 valence electrons. The molecule has 1 N–H and O–H groups in total. The minimum Gasteiger partial charge on any atom is -0.480 e. The van der Waals surface area contributed by atoms with Gasteiger partial charge in [-0.3, -0.25) is 9.59 Å². The van der Waals surface area contributed by atoms with Crippen LogP contribution in [0.4, 0.5) is 0 Å². The monoisotopic (exact) mass is 354 g/mol. The summed E-state index contributed by atoms with van der Waals surface area (Å²) in [4.78, 5) is 24.5. The lowest BCUT2D eigenvalue weighted by Crippen LogP contribution is -2.43. The summed E-state index contributed by atoms with van der Waals surface area (Å²) < 4.78 is 5.79. The van der Waals surface area contributed by atoms with Gasteiger partial charge in [-0.05, 0) is 38.0 Å². The molecule has 0 radical (unpaired) electrons. The topological polar surface area (TPSA) is 63.6 Å². The molecule has 1 rings (SSSR count). The van der Waals surface area contributed by atoms with Gasteiger partial charge in [-0.1, -0.05) is 72.1 Å². The Bertz CT molecular complexity index is 395. The first-order valence-corrected chi connectivity index (χ1v) is 10.4. The summed E-state index contributed by atoms with van der Waals surface area (Å²) in [6.45, 7) is 6.58. The highest BCUT2D eigenvalue weighted by Gasteiger charge is 2.48. The second-order valence-electron chi connectivity index (χ2n) is 7.73. The fourth-order valence-electron chi connectivity index (χ4n) is 3.95. The minimum absolute atomic E-state index is 0.125. The molecule has 1 aliphatic rings. The molecule has 25 heavy (non-hydrogen) atoms. The largest absolute Gasteiger partial charge is 0.480 e. The molecule has 0 aliphatic heterocycles. The molecule has 0 saturated heterocycles. The first kappa shape index (κ1) is 22.0. The lowest BCUT2D eigenvalue weighted by Gasteiger charge is -2.32. The van der Waals surface area contributed by atoms with Crippen LogP contribution in [0.15, 0.2) is 0 Å². The van der Waals surface area contributed by atoms with Gasteiger partial charge in [0.05, 0.1) is 0 Å². The minimum atomic E-state index is -1.29. The van der Waals surface area contributed by atoms with Crippen molar-refractivity contribution in [2.45, 2.75) is 110 Å². The fraction of sp³-hybridized carbons (Fsp3) is 0.905. The van der Waals surface area contributed by atoms with Crippen LogP contribution in [0.5, 0.6) is 0 Å². The van der Waals surface area contributed by atoms with E-state index in [1.165, 1.54) is 12.8 Å². The van der Waals surface area contributed by atoms with Crippen LogP contribution in [0.25, 0.3) is 0 Å². The number of carbonyl (C=O) groups excluding carboxylic acids is 1. The van der Waals surface area contributed by atoms with Gasteiger partial charge in [0.25, 0.3) is 0 Å². The van der Waals surface area contributed by atoms with E-state index in [0.717, 1.165) is 63.7 Å². The molecule has 0 spiro atoms. The zero-order valence-electron chi connectivity index (χ0n) is 16.5. The van der Waals surface area contributed by atoms with E-state index < -0.39 is 17.4 Å². The Morgan fingerprint density at radius 1 is 0.960 bits per heavy atom. The zero-order chi connectivity index (χ0) is 18.7. The van der Waals surface area contributed by atoms with Gasteiger partial charge in [0, 0.05) is 0 Å². The molecule has 0 aromatic heterocycles. The molecule has 1 unspecified atom stereocenters. The maximum absolute atomic E-state index is 12.7. The summed E-state index contributed by atoms with van der Waals surface area (Å²) in [6, 6.07) is 0. The van der Waals surface area contributed by atoms with Crippen molar-refractivity contribution in [1.29, 1.82) is 0 Å². The van der Waals surface area contributed by atoms with Crippen molar-refractivity contribution >= 4 is 11.9 Å². The lowest BCUT2D eigenvalue weighted by atomic mass is 9.74. The Kier molecular flexibility index (Phi) is 10.1. The SMILES string of the molecule is CCCCC(CCCC(CC)CC)OC(=O)C1(C(=O)O)CCCCC1. The summed E-state index contributed by atoms with van der Waals surface area (Å²) >= 11 is 0. The fourth-order valence-corrected chi connectivity index (χ4v) is 3.95. The normalized spacial score (nSPS) is 18.1. The van der Waals surface area contributed by atoms with Crippen LogP contribution in [-0.2, 0) is 14.3 Å². The van der Waals surface area contributed by atoms with Gasteiger partial charge in [-0.2, -0.15) is 0 Å². The van der Waals surface area contributed by atoms with Crippen molar-refractivity contribution in [2.24, 2.45) is 11.3 Å². The van der Waals surface area contributed by atoms with Crippen LogP contribution in [0.1, 0.15) is 104 Å². The Hall–Kier alpha value is -1.06. The van der Waals surface area contributed by atoms with Gasteiger partial charge in [-0.15, -0.1) is 0 Å². The van der Waals surface area contributed by atoms with Crippen LogP contribution in [0.2, 0.25) is 0 Å². The molecular weight excluding hydrogens is 316 g/mol. The average Bonchev–Trinajstić information content (AvgIpc) is 2.63. The first-order chi connectivity index (χ1) is 12.0. The smallest absolute Gasteiger partial charge is 0.323 e. The highest BCUT2D eigenvalue weighted by Crippen LogP contribution is 2.38. The van der Waals surface area contributed by atoms with Crippen LogP contribution >= 0.6 is 0 Å². The summed E-state index contributed by atoms with van der Waals surface area (Å²) in [6.07, 6.45) is 11.7. The number of carboxylic acids is 1. The molecule has 0 amide bonds. The molecule has 0 aromatic carbocycles. The molecule has 1 aliphatic carbocycles. The van der Waals surface area contributed by atoms with Gasteiger partial charge in [-0.25, -0.2) is 0 Å². The predicted octanol–water partition coefficient (Wildman–Crippen LogP) is 5.73. The first-order valence-electron chi connectivity index (χ1n) is 10.4. The van der Waals surface area contributed by atoms with E-state index in [-0.39, 0.29) is 6.10 Å². The van der Waals surface area contributed by atoms with Gasteiger partial charge < -0.3 is 9.84 Å². The Morgan fingerprint density at radius 2 is 1.56 bits per heavy atom. The van der Waals surface area contributed by atoms with Crippen LogP contribution < -0.4 is 0 Å². The number of ether oxygens (including phenoxy) is 1. The molecule has 1 atom stereocenters. The second kappa shape index (κ2) is 11.5. The number of hydrogen-bond donors (Lipinski definition) is 1. The van der Waals surface area contributed by atoms with E-state index in [4.69, 9.17) is 4.74 Å². The molecule has 1 saturated carbocycles. The van der Waals surface area contributed by atoms with Crippen LogP contribution in [0.3, 0.4) is 0 Å². The number of esters is 1. The van der Waals surface area contributed by atoms with Gasteiger partial charge in [0.15, 0.2) is 5.41 Å². The van der Waals surface area contributed by atoms with Gasteiger partial charge in [0.2, 0.25) is 0 Å². The van der Waals surface area contributed by atoms with E-state index >= 15 is 0 Å². The summed E-state index contributed by atoms with van der Waals surface area (Å²) in [5.41, 5.74) is -1.29. The van der Waals surface area contributed by atoms with Gasteiger partial charge >= 0.3 is 11.9 Å². The number of unbranched alkanes of at least 4 members (excludes halogenated alkanes) is 1. The van der Waals surface area contributed by atoms with E-state index in [0.29, 0.717) is 12.8 Å². The van der Waals surface area contributed by atoms with E-state index in [1.807, 2.05) is 0 Å². The highest BCUT2D eigenvalue weighted by molar-refractivity contribution is 5.99. The van der Waals surface area contributed by atoms with Crippen molar-refractivity contribution in [3.63, 3.8) is 0 Å². The van der Waals surface area contributed by atoms with E-state index in [9.17, 15) is 14.7 Å². The third kappa shape index (κ3) is 6.63. The maximum atomic E-state index is 12.7. The lowest BCUT2D eigenvalue weighted by molar-refractivity contribution is -0.175. The molecule has 0 heterocycles. The Balaban J connectivity index is 2.65.